The summed E-state index contributed by atoms with van der Waals surface area (Å²) in [7, 11) is 1.76. The molecule has 2 rings (SSSR count). The molecule has 1 aromatic carbocycles. The van der Waals surface area contributed by atoms with E-state index < -0.39 is 0 Å². The normalized spacial score (nSPS) is 11.7. The van der Waals surface area contributed by atoms with Crippen LogP contribution in [0.3, 0.4) is 0 Å². The highest BCUT2D eigenvalue weighted by atomic mass is 32.1. The third kappa shape index (κ3) is 2.65. The van der Waals surface area contributed by atoms with Crippen molar-refractivity contribution >= 4 is 17.0 Å². The molecule has 0 bridgehead atoms. The first-order chi connectivity index (χ1) is 9.15. The molecule has 1 aromatic heterocycles. The van der Waals surface area contributed by atoms with Crippen molar-refractivity contribution < 1.29 is 4.74 Å². The lowest BCUT2D eigenvalue weighted by Gasteiger charge is -2.27. The van der Waals surface area contributed by atoms with Crippen molar-refractivity contribution in [2.75, 3.05) is 12.8 Å². The number of aromatic nitrogens is 1. The number of thiazole rings is 1. The van der Waals surface area contributed by atoms with E-state index in [9.17, 15) is 0 Å². The van der Waals surface area contributed by atoms with Gasteiger partial charge in [-0.05, 0) is 25.0 Å². The van der Waals surface area contributed by atoms with Crippen LogP contribution in [-0.4, -0.2) is 12.1 Å². The minimum Gasteiger partial charge on any atom is -0.399 e. The summed E-state index contributed by atoms with van der Waals surface area (Å²) in [5.74, 6) is 0. The van der Waals surface area contributed by atoms with Gasteiger partial charge in [0.1, 0.15) is 10.6 Å². The first-order valence-corrected chi connectivity index (χ1v) is 7.40. The lowest BCUT2D eigenvalue weighted by atomic mass is 9.98. The zero-order valence-electron chi connectivity index (χ0n) is 11.6. The van der Waals surface area contributed by atoms with E-state index in [4.69, 9.17) is 15.5 Å². The lowest BCUT2D eigenvalue weighted by Crippen LogP contribution is -2.26. The number of benzene rings is 1. The fourth-order valence-electron chi connectivity index (χ4n) is 2.20. The summed E-state index contributed by atoms with van der Waals surface area (Å²) in [6.07, 6.45) is 1.85. The average molecular weight is 276 g/mol. The molecule has 2 N–H and O–H groups in total. The van der Waals surface area contributed by atoms with Crippen LogP contribution < -0.4 is 5.73 Å². The van der Waals surface area contributed by atoms with Crippen molar-refractivity contribution in [2.45, 2.75) is 32.3 Å². The Balaban J connectivity index is 2.35. The largest absolute Gasteiger partial charge is 0.399 e. The third-order valence-electron chi connectivity index (χ3n) is 3.63. The number of hydrogen-bond donors (Lipinski definition) is 1. The second-order valence-corrected chi connectivity index (χ2v) is 5.42. The summed E-state index contributed by atoms with van der Waals surface area (Å²) < 4.78 is 5.72. The number of nitrogens with zero attached hydrogens (tertiary/aromatic N) is 1. The Morgan fingerprint density at radius 2 is 1.84 bits per heavy atom. The molecule has 0 aliphatic heterocycles. The van der Waals surface area contributed by atoms with Crippen molar-refractivity contribution in [3.8, 4) is 11.3 Å². The van der Waals surface area contributed by atoms with Crippen LogP contribution >= 0.6 is 11.3 Å². The Morgan fingerprint density at radius 3 is 2.37 bits per heavy atom. The average Bonchev–Trinajstić information content (AvgIpc) is 2.93. The molecule has 0 radical (unpaired) electrons. The number of methoxy groups -OCH3 is 1. The number of anilines is 1. The quantitative estimate of drug-likeness (QED) is 0.838. The molecule has 0 unspecified atom stereocenters. The summed E-state index contributed by atoms with van der Waals surface area (Å²) in [6.45, 7) is 4.27. The van der Waals surface area contributed by atoms with E-state index >= 15 is 0 Å². The van der Waals surface area contributed by atoms with E-state index in [1.54, 1.807) is 18.4 Å². The molecule has 1 heterocycles. The fourth-order valence-corrected chi connectivity index (χ4v) is 3.35. The molecule has 3 nitrogen and oxygen atoms in total. The third-order valence-corrected chi connectivity index (χ3v) is 4.66. The van der Waals surface area contributed by atoms with Gasteiger partial charge in [-0.1, -0.05) is 26.0 Å². The van der Waals surface area contributed by atoms with Crippen molar-refractivity contribution in [2.24, 2.45) is 0 Å². The van der Waals surface area contributed by atoms with Gasteiger partial charge >= 0.3 is 0 Å². The summed E-state index contributed by atoms with van der Waals surface area (Å²) in [6, 6.07) is 7.80. The van der Waals surface area contributed by atoms with Gasteiger partial charge in [0.05, 0.1) is 5.69 Å². The molecule has 2 aromatic rings. The molecule has 4 heteroatoms. The summed E-state index contributed by atoms with van der Waals surface area (Å²) in [5, 5.41) is 3.13. The van der Waals surface area contributed by atoms with Crippen LogP contribution in [0.25, 0.3) is 11.3 Å². The van der Waals surface area contributed by atoms with Gasteiger partial charge in [0.2, 0.25) is 0 Å². The fraction of sp³-hybridized carbons (Fsp3) is 0.400. The number of hydrogen-bond acceptors (Lipinski definition) is 4. The van der Waals surface area contributed by atoms with Crippen molar-refractivity contribution in [3.63, 3.8) is 0 Å². The van der Waals surface area contributed by atoms with Gasteiger partial charge in [0, 0.05) is 23.7 Å². The van der Waals surface area contributed by atoms with Gasteiger partial charge in [0.15, 0.2) is 0 Å². The molecule has 0 aliphatic rings. The number of ether oxygens (including phenoxy) is 1. The highest BCUT2D eigenvalue weighted by Gasteiger charge is 2.31. The molecule has 0 atom stereocenters. The molecule has 0 saturated carbocycles. The first-order valence-electron chi connectivity index (χ1n) is 6.52. The summed E-state index contributed by atoms with van der Waals surface area (Å²) in [5.41, 5.74) is 8.30. The van der Waals surface area contributed by atoms with Gasteiger partial charge in [-0.2, -0.15) is 0 Å². The van der Waals surface area contributed by atoms with Crippen molar-refractivity contribution in [1.29, 1.82) is 0 Å². The summed E-state index contributed by atoms with van der Waals surface area (Å²) in [4.78, 5) is 4.75. The van der Waals surface area contributed by atoms with E-state index in [2.05, 4.69) is 19.2 Å². The Labute approximate surface area is 118 Å². The van der Waals surface area contributed by atoms with Crippen LogP contribution in [-0.2, 0) is 10.3 Å². The molecule has 0 spiro atoms. The smallest absolute Gasteiger partial charge is 0.125 e. The van der Waals surface area contributed by atoms with Crippen molar-refractivity contribution in [1.82, 2.24) is 4.98 Å². The molecule has 0 saturated heterocycles. The molecule has 19 heavy (non-hydrogen) atoms. The summed E-state index contributed by atoms with van der Waals surface area (Å²) >= 11 is 1.66. The maximum absolute atomic E-state index is 5.72. The predicted molar refractivity (Wildman–Crippen MR) is 81.2 cm³/mol. The highest BCUT2D eigenvalue weighted by Crippen LogP contribution is 2.36. The van der Waals surface area contributed by atoms with Gasteiger partial charge < -0.3 is 10.5 Å². The standard InChI is InChI=1S/C15H20N2OS/c1-4-15(5-2,18-3)14-17-13(10-19-14)11-6-8-12(16)9-7-11/h6-10H,4-5,16H2,1-3H3. The van der Waals surface area contributed by atoms with Crippen LogP contribution in [0.4, 0.5) is 5.69 Å². The van der Waals surface area contributed by atoms with E-state index in [-0.39, 0.29) is 5.60 Å². The molecular formula is C15H20N2OS. The number of rotatable bonds is 5. The van der Waals surface area contributed by atoms with Crippen LogP contribution in [0.2, 0.25) is 0 Å². The second kappa shape index (κ2) is 5.72. The van der Waals surface area contributed by atoms with E-state index in [1.807, 2.05) is 24.3 Å². The minimum absolute atomic E-state index is 0.253. The van der Waals surface area contributed by atoms with Crippen molar-refractivity contribution in [3.05, 3.63) is 34.7 Å². The van der Waals surface area contributed by atoms with Crippen LogP contribution in [0.1, 0.15) is 31.7 Å². The number of nitrogen functional groups attached to an aromatic ring is 1. The maximum atomic E-state index is 5.72. The highest BCUT2D eigenvalue weighted by molar-refractivity contribution is 7.10. The van der Waals surface area contributed by atoms with E-state index in [0.717, 1.165) is 34.8 Å². The van der Waals surface area contributed by atoms with E-state index in [0.29, 0.717) is 0 Å². The van der Waals surface area contributed by atoms with Crippen LogP contribution in [0, 0.1) is 0 Å². The second-order valence-electron chi connectivity index (χ2n) is 4.57. The van der Waals surface area contributed by atoms with Gasteiger partial charge in [-0.3, -0.25) is 0 Å². The molecule has 0 fully saturated rings. The topological polar surface area (TPSA) is 48.1 Å². The molecular weight excluding hydrogens is 256 g/mol. The lowest BCUT2D eigenvalue weighted by molar-refractivity contribution is -0.0218. The Kier molecular flexibility index (Phi) is 4.22. The van der Waals surface area contributed by atoms with Gasteiger partial charge in [-0.15, -0.1) is 11.3 Å². The Bertz CT molecular complexity index is 521. The zero-order chi connectivity index (χ0) is 13.9. The first kappa shape index (κ1) is 14.0. The van der Waals surface area contributed by atoms with Gasteiger partial charge in [-0.25, -0.2) is 4.98 Å². The van der Waals surface area contributed by atoms with E-state index in [1.165, 1.54) is 0 Å². The monoisotopic (exact) mass is 276 g/mol. The SMILES string of the molecule is CCC(CC)(OC)c1nc(-c2ccc(N)cc2)cs1. The Hall–Kier alpha value is -1.39. The molecule has 102 valence electrons. The molecule has 0 amide bonds. The molecule has 0 aliphatic carbocycles. The van der Waals surface area contributed by atoms with Gasteiger partial charge in [0.25, 0.3) is 0 Å². The van der Waals surface area contributed by atoms with Crippen LogP contribution in [0.5, 0.6) is 0 Å². The Morgan fingerprint density at radius 1 is 1.21 bits per heavy atom. The number of nitrogens with two attached hydrogens (primary N) is 1. The predicted octanol–water partition coefficient (Wildman–Crippen LogP) is 4.05. The zero-order valence-corrected chi connectivity index (χ0v) is 12.5. The minimum atomic E-state index is -0.253. The maximum Gasteiger partial charge on any atom is 0.125 e. The van der Waals surface area contributed by atoms with Crippen LogP contribution in [0.15, 0.2) is 29.6 Å².